The predicted molar refractivity (Wildman–Crippen MR) is 130 cm³/mol. The maximum absolute atomic E-state index is 13.6. The van der Waals surface area contributed by atoms with E-state index in [0.717, 1.165) is 31.2 Å². The van der Waals surface area contributed by atoms with E-state index in [1.165, 1.54) is 6.26 Å². The summed E-state index contributed by atoms with van der Waals surface area (Å²) < 4.78 is 16.2. The maximum Gasteiger partial charge on any atom is 0.290 e. The fourth-order valence-corrected chi connectivity index (χ4v) is 4.54. The van der Waals surface area contributed by atoms with Gasteiger partial charge in [-0.1, -0.05) is 18.9 Å². The van der Waals surface area contributed by atoms with Crippen molar-refractivity contribution in [2.24, 2.45) is 0 Å². The molecule has 0 saturated heterocycles. The topological polar surface area (TPSA) is 93.9 Å². The molecular weight excluding hydrogens is 446 g/mol. The van der Waals surface area contributed by atoms with Crippen LogP contribution in [-0.4, -0.2) is 48.5 Å². The third-order valence-electron chi connectivity index (χ3n) is 6.37. The zero-order valence-corrected chi connectivity index (χ0v) is 20.1. The lowest BCUT2D eigenvalue weighted by Gasteiger charge is -2.31. The molecule has 1 fully saturated rings. The summed E-state index contributed by atoms with van der Waals surface area (Å²) in [7, 11) is 3.17. The van der Waals surface area contributed by atoms with E-state index in [-0.39, 0.29) is 23.6 Å². The van der Waals surface area contributed by atoms with Crippen molar-refractivity contribution in [2.75, 3.05) is 20.8 Å². The van der Waals surface area contributed by atoms with Gasteiger partial charge in [-0.15, -0.1) is 0 Å². The molecule has 1 saturated carbocycles. The van der Waals surface area contributed by atoms with Crippen LogP contribution in [0.5, 0.6) is 11.5 Å². The van der Waals surface area contributed by atoms with Crippen molar-refractivity contribution in [2.45, 2.75) is 44.2 Å². The molecule has 1 aromatic carbocycles. The number of benzene rings is 1. The molecule has 1 N–H and O–H groups in total. The van der Waals surface area contributed by atoms with Crippen molar-refractivity contribution in [1.82, 2.24) is 15.2 Å². The number of pyridine rings is 1. The first-order chi connectivity index (χ1) is 17.1. The number of ether oxygens (including phenoxy) is 2. The second-order valence-corrected chi connectivity index (χ2v) is 8.59. The van der Waals surface area contributed by atoms with Gasteiger partial charge in [0.25, 0.3) is 5.91 Å². The summed E-state index contributed by atoms with van der Waals surface area (Å²) in [6.07, 6.45) is 9.33. The van der Waals surface area contributed by atoms with Crippen LogP contribution < -0.4 is 14.8 Å². The average molecular weight is 478 g/mol. The van der Waals surface area contributed by atoms with Crippen LogP contribution in [0.2, 0.25) is 0 Å². The minimum atomic E-state index is -0.823. The highest BCUT2D eigenvalue weighted by atomic mass is 16.5. The Bertz CT molecular complexity index is 1110. The van der Waals surface area contributed by atoms with Crippen molar-refractivity contribution in [1.29, 1.82) is 0 Å². The molecule has 8 nitrogen and oxygen atoms in total. The van der Waals surface area contributed by atoms with Gasteiger partial charge in [0, 0.05) is 25.0 Å². The molecule has 0 aliphatic heterocycles. The Hall–Kier alpha value is -3.81. The monoisotopic (exact) mass is 477 g/mol. The van der Waals surface area contributed by atoms with Crippen LogP contribution in [0.15, 0.2) is 65.5 Å². The molecular formula is C27H31N3O5. The van der Waals surface area contributed by atoms with E-state index < -0.39 is 6.04 Å². The number of furan rings is 1. The number of carbonyl (C=O) groups is 2. The molecule has 2 aromatic heterocycles. The molecule has 3 aromatic rings. The van der Waals surface area contributed by atoms with Gasteiger partial charge in [-0.05, 0) is 66.8 Å². The first kappa shape index (κ1) is 24.3. The van der Waals surface area contributed by atoms with Gasteiger partial charge >= 0.3 is 0 Å². The van der Waals surface area contributed by atoms with Gasteiger partial charge in [-0.2, -0.15) is 0 Å². The second kappa shape index (κ2) is 11.6. The molecule has 184 valence electrons. The average Bonchev–Trinajstić information content (AvgIpc) is 3.61. The molecule has 0 radical (unpaired) electrons. The summed E-state index contributed by atoms with van der Waals surface area (Å²) in [5.74, 6) is 0.878. The highest BCUT2D eigenvalue weighted by Crippen LogP contribution is 2.29. The van der Waals surface area contributed by atoms with E-state index in [1.54, 1.807) is 55.8 Å². The van der Waals surface area contributed by atoms with Gasteiger partial charge < -0.3 is 24.1 Å². The number of hydrogen-bond acceptors (Lipinski definition) is 6. The van der Waals surface area contributed by atoms with Crippen LogP contribution in [0.3, 0.4) is 0 Å². The first-order valence-corrected chi connectivity index (χ1v) is 11.9. The quantitative estimate of drug-likeness (QED) is 0.471. The summed E-state index contributed by atoms with van der Waals surface area (Å²) in [5, 5.41) is 3.17. The van der Waals surface area contributed by atoms with Gasteiger partial charge in [-0.25, -0.2) is 0 Å². The Morgan fingerprint density at radius 1 is 1.09 bits per heavy atom. The predicted octanol–water partition coefficient (Wildman–Crippen LogP) is 4.18. The fourth-order valence-electron chi connectivity index (χ4n) is 4.54. The molecule has 1 aliphatic rings. The van der Waals surface area contributed by atoms with Crippen molar-refractivity contribution >= 4 is 11.8 Å². The highest BCUT2D eigenvalue weighted by molar-refractivity contribution is 5.96. The third kappa shape index (κ3) is 5.82. The van der Waals surface area contributed by atoms with E-state index in [0.29, 0.717) is 30.0 Å². The Morgan fingerprint density at radius 3 is 2.49 bits per heavy atom. The SMILES string of the molecule is COc1ccc(CCN(C(=O)c2ccco2)[C@@H](C(=O)NC2CCCC2)c2ccncc2)cc1OC. The lowest BCUT2D eigenvalue weighted by molar-refractivity contribution is -0.126. The van der Waals surface area contributed by atoms with Gasteiger partial charge in [0.15, 0.2) is 17.3 Å². The van der Waals surface area contributed by atoms with Gasteiger partial charge in [-0.3, -0.25) is 14.6 Å². The Labute approximate surface area is 205 Å². The molecule has 2 amide bonds. The molecule has 2 heterocycles. The Morgan fingerprint density at radius 2 is 1.83 bits per heavy atom. The van der Waals surface area contributed by atoms with Gasteiger partial charge in [0.05, 0.1) is 20.5 Å². The van der Waals surface area contributed by atoms with Crippen LogP contribution in [0, 0.1) is 0 Å². The standard InChI is InChI=1S/C27H31N3O5/c1-33-22-10-9-19(18-24(22)34-2)13-16-30(27(32)23-8-5-17-35-23)25(20-11-14-28-15-12-20)26(31)29-21-6-3-4-7-21/h5,8-12,14-15,17-18,21,25H,3-4,6-7,13,16H2,1-2H3,(H,29,31)/t25-/m1/s1. The third-order valence-corrected chi connectivity index (χ3v) is 6.37. The minimum Gasteiger partial charge on any atom is -0.493 e. The number of amides is 2. The van der Waals surface area contributed by atoms with E-state index in [4.69, 9.17) is 13.9 Å². The zero-order valence-electron chi connectivity index (χ0n) is 20.1. The van der Waals surface area contributed by atoms with Gasteiger partial charge in [0.2, 0.25) is 5.91 Å². The second-order valence-electron chi connectivity index (χ2n) is 8.59. The van der Waals surface area contributed by atoms with E-state index in [1.807, 2.05) is 18.2 Å². The van der Waals surface area contributed by atoms with Crippen LogP contribution >= 0.6 is 0 Å². The number of nitrogens with zero attached hydrogens (tertiary/aromatic N) is 2. The molecule has 0 unspecified atom stereocenters. The van der Waals surface area contributed by atoms with Crippen LogP contribution in [-0.2, 0) is 11.2 Å². The Kier molecular flexibility index (Phi) is 8.03. The Balaban J connectivity index is 1.65. The molecule has 8 heteroatoms. The molecule has 4 rings (SSSR count). The number of carbonyl (C=O) groups excluding carboxylic acids is 2. The number of rotatable bonds is 10. The lowest BCUT2D eigenvalue weighted by Crippen LogP contribution is -2.46. The smallest absolute Gasteiger partial charge is 0.290 e. The van der Waals surface area contributed by atoms with E-state index >= 15 is 0 Å². The van der Waals surface area contributed by atoms with Crippen molar-refractivity contribution in [3.05, 3.63) is 78.0 Å². The molecule has 1 aliphatic carbocycles. The first-order valence-electron chi connectivity index (χ1n) is 11.9. The van der Waals surface area contributed by atoms with Crippen molar-refractivity contribution < 1.29 is 23.5 Å². The fraction of sp³-hybridized carbons (Fsp3) is 0.370. The van der Waals surface area contributed by atoms with E-state index in [2.05, 4.69) is 10.3 Å². The normalized spacial score (nSPS) is 14.3. The lowest BCUT2D eigenvalue weighted by atomic mass is 10.0. The minimum absolute atomic E-state index is 0.123. The number of aromatic nitrogens is 1. The maximum atomic E-state index is 13.6. The zero-order chi connectivity index (χ0) is 24.6. The van der Waals surface area contributed by atoms with E-state index in [9.17, 15) is 9.59 Å². The number of methoxy groups -OCH3 is 2. The molecule has 0 bridgehead atoms. The molecule has 35 heavy (non-hydrogen) atoms. The molecule has 0 spiro atoms. The number of hydrogen-bond donors (Lipinski definition) is 1. The summed E-state index contributed by atoms with van der Waals surface area (Å²) >= 11 is 0. The molecule has 1 atom stereocenters. The number of nitrogens with one attached hydrogen (secondary N) is 1. The summed E-state index contributed by atoms with van der Waals surface area (Å²) in [6, 6.07) is 11.8. The summed E-state index contributed by atoms with van der Waals surface area (Å²) in [6.45, 7) is 0.292. The van der Waals surface area contributed by atoms with Crippen LogP contribution in [0.1, 0.15) is 53.4 Å². The van der Waals surface area contributed by atoms with Crippen molar-refractivity contribution in [3.63, 3.8) is 0 Å². The van der Waals surface area contributed by atoms with Crippen LogP contribution in [0.25, 0.3) is 0 Å². The largest absolute Gasteiger partial charge is 0.493 e. The highest BCUT2D eigenvalue weighted by Gasteiger charge is 2.34. The van der Waals surface area contributed by atoms with Crippen LogP contribution in [0.4, 0.5) is 0 Å². The summed E-state index contributed by atoms with van der Waals surface area (Å²) in [4.78, 5) is 32.9. The summed E-state index contributed by atoms with van der Waals surface area (Å²) in [5.41, 5.74) is 1.65. The van der Waals surface area contributed by atoms with Gasteiger partial charge in [0.1, 0.15) is 6.04 Å². The van der Waals surface area contributed by atoms with Crippen molar-refractivity contribution in [3.8, 4) is 11.5 Å².